The first-order valence-corrected chi connectivity index (χ1v) is 8.34. The summed E-state index contributed by atoms with van der Waals surface area (Å²) in [6.45, 7) is 3.72. The van der Waals surface area contributed by atoms with Gasteiger partial charge in [0.05, 0.1) is 30.5 Å². The van der Waals surface area contributed by atoms with Gasteiger partial charge in [-0.2, -0.15) is 0 Å². The van der Waals surface area contributed by atoms with Gasteiger partial charge in [0.15, 0.2) is 11.3 Å². The minimum absolute atomic E-state index is 0.0619. The summed E-state index contributed by atoms with van der Waals surface area (Å²) in [6.07, 6.45) is 3.08. The summed E-state index contributed by atoms with van der Waals surface area (Å²) in [5, 5.41) is 32.4. The maximum Gasteiger partial charge on any atom is 0.354 e. The molecule has 0 aliphatic carbocycles. The number of fused-ring (bicyclic) bond motifs is 1. The molecule has 1 atom stereocenters. The van der Waals surface area contributed by atoms with Crippen LogP contribution in [0.4, 0.5) is 0 Å². The molecule has 28 heavy (non-hydrogen) atoms. The number of ether oxygens (including phenoxy) is 1. The van der Waals surface area contributed by atoms with E-state index in [0.29, 0.717) is 17.4 Å². The summed E-state index contributed by atoms with van der Waals surface area (Å²) in [4.78, 5) is 22.6. The molecular formula is C18H22N2O8. The maximum absolute atomic E-state index is 11.5. The van der Waals surface area contributed by atoms with Crippen molar-refractivity contribution in [3.05, 3.63) is 52.6 Å². The second kappa shape index (κ2) is 12.2. The Bertz CT molecular complexity index is 873. The molecule has 10 nitrogen and oxygen atoms in total. The molecule has 0 aliphatic rings. The fourth-order valence-corrected chi connectivity index (χ4v) is 1.92. The highest BCUT2D eigenvalue weighted by molar-refractivity contribution is 5.97. The van der Waals surface area contributed by atoms with E-state index in [1.54, 1.807) is 38.1 Å². The lowest BCUT2D eigenvalue weighted by molar-refractivity contribution is 0.0688. The van der Waals surface area contributed by atoms with Crippen LogP contribution < -0.4 is 10.4 Å². The van der Waals surface area contributed by atoms with Crippen molar-refractivity contribution in [2.24, 2.45) is 0 Å². The van der Waals surface area contributed by atoms with Gasteiger partial charge in [0.25, 0.3) is 0 Å². The Morgan fingerprint density at radius 3 is 2.32 bits per heavy atom. The van der Waals surface area contributed by atoms with Crippen molar-refractivity contribution >= 4 is 16.9 Å². The Hall–Kier alpha value is -3.24. The number of aromatic nitrogens is 2. The highest BCUT2D eigenvalue weighted by atomic mass is 16.6. The molecule has 0 amide bonds. The normalized spacial score (nSPS) is 10.9. The molecule has 152 valence electrons. The smallest absolute Gasteiger partial charge is 0.354 e. The van der Waals surface area contributed by atoms with Crippen LogP contribution in [0.1, 0.15) is 30.6 Å². The number of aliphatic hydroxyl groups is 2. The van der Waals surface area contributed by atoms with Gasteiger partial charge < -0.3 is 24.5 Å². The van der Waals surface area contributed by atoms with E-state index in [1.165, 1.54) is 12.4 Å². The second-order valence-electron chi connectivity index (χ2n) is 5.28. The number of nitrogens with zero attached hydrogens (tertiary/aromatic N) is 2. The molecule has 0 saturated carbocycles. The summed E-state index contributed by atoms with van der Waals surface area (Å²) in [5.41, 5.74) is -1.06. The van der Waals surface area contributed by atoms with E-state index in [0.717, 1.165) is 0 Å². The largest absolute Gasteiger partial charge is 0.492 e. The third kappa shape index (κ3) is 7.17. The SMILES string of the molecule is CC(O)CCO.CCOc1c(C(=O)O)c(=O)oc2ccccc12.c1cnon1. The standard InChI is InChI=1S/C12H10O5.C4H10O2.C2H2N2O/c1-2-16-10-7-5-3-4-6-8(7)17-12(15)9(10)11(13)14;1-4(6)2-3-5;1-2-4-5-3-1/h3-6H,2H2,1H3,(H,13,14);4-6H,2-3H2,1H3;1-2H. The van der Waals surface area contributed by atoms with Crippen molar-refractivity contribution in [3.8, 4) is 5.75 Å². The van der Waals surface area contributed by atoms with Crippen LogP contribution in [0.25, 0.3) is 11.0 Å². The van der Waals surface area contributed by atoms with E-state index in [1.807, 2.05) is 0 Å². The number of carbonyl (C=O) groups is 1. The highest BCUT2D eigenvalue weighted by Crippen LogP contribution is 2.27. The monoisotopic (exact) mass is 394 g/mol. The molecule has 3 aromatic rings. The molecule has 2 heterocycles. The molecule has 3 N–H and O–H groups in total. The molecule has 0 aliphatic heterocycles. The predicted octanol–water partition coefficient (Wildman–Crippen LogP) is 1.71. The first-order chi connectivity index (χ1) is 13.4. The zero-order valence-corrected chi connectivity index (χ0v) is 15.4. The van der Waals surface area contributed by atoms with Gasteiger partial charge in [-0.3, -0.25) is 0 Å². The molecule has 0 saturated heterocycles. The number of hydrogen-bond donors (Lipinski definition) is 3. The van der Waals surface area contributed by atoms with Crippen LogP contribution in [-0.2, 0) is 0 Å². The Labute approximate surface area is 159 Å². The summed E-state index contributed by atoms with van der Waals surface area (Å²) >= 11 is 0. The minimum Gasteiger partial charge on any atom is -0.492 e. The van der Waals surface area contributed by atoms with Gasteiger partial charge >= 0.3 is 11.6 Å². The second-order valence-corrected chi connectivity index (χ2v) is 5.28. The van der Waals surface area contributed by atoms with Gasteiger partial charge in [0, 0.05) is 6.61 Å². The zero-order chi connectivity index (χ0) is 20.9. The molecule has 0 fully saturated rings. The number of aromatic carboxylic acids is 1. The number of aliphatic hydroxyl groups excluding tert-OH is 2. The van der Waals surface area contributed by atoms with Crippen molar-refractivity contribution < 1.29 is 33.9 Å². The molecule has 10 heteroatoms. The molecule has 3 rings (SSSR count). The molecule has 2 aromatic heterocycles. The predicted molar refractivity (Wildman–Crippen MR) is 98.3 cm³/mol. The van der Waals surface area contributed by atoms with E-state index in [-0.39, 0.29) is 25.1 Å². The van der Waals surface area contributed by atoms with Gasteiger partial charge in [-0.25, -0.2) is 14.2 Å². The fraction of sp³-hybridized carbons (Fsp3) is 0.333. The Morgan fingerprint density at radius 1 is 1.25 bits per heavy atom. The molecule has 0 radical (unpaired) electrons. The average molecular weight is 394 g/mol. The van der Waals surface area contributed by atoms with Crippen LogP contribution in [0.15, 0.2) is 50.5 Å². The van der Waals surface area contributed by atoms with Gasteiger partial charge in [0.1, 0.15) is 5.58 Å². The van der Waals surface area contributed by atoms with Crippen LogP contribution in [-0.4, -0.2) is 50.9 Å². The summed E-state index contributed by atoms with van der Waals surface area (Å²) in [6, 6.07) is 6.65. The Balaban J connectivity index is 0.000000291. The van der Waals surface area contributed by atoms with Crippen molar-refractivity contribution in [1.82, 2.24) is 10.3 Å². The van der Waals surface area contributed by atoms with Crippen LogP contribution in [0, 0.1) is 0 Å². The van der Waals surface area contributed by atoms with Gasteiger partial charge in [0.2, 0.25) is 0 Å². The molecule has 0 bridgehead atoms. The van der Waals surface area contributed by atoms with Gasteiger partial charge in [-0.1, -0.05) is 22.4 Å². The highest BCUT2D eigenvalue weighted by Gasteiger charge is 2.21. The van der Waals surface area contributed by atoms with Crippen LogP contribution >= 0.6 is 0 Å². The molecule has 0 spiro atoms. The van der Waals surface area contributed by atoms with Crippen molar-refractivity contribution in [1.29, 1.82) is 0 Å². The van der Waals surface area contributed by atoms with Gasteiger partial charge in [-0.15, -0.1) is 0 Å². The van der Waals surface area contributed by atoms with E-state index in [9.17, 15) is 9.59 Å². The number of para-hydroxylation sites is 1. The summed E-state index contributed by atoms with van der Waals surface area (Å²) in [7, 11) is 0. The Kier molecular flexibility index (Phi) is 9.94. The van der Waals surface area contributed by atoms with Crippen molar-refractivity contribution in [2.75, 3.05) is 13.2 Å². The van der Waals surface area contributed by atoms with Crippen LogP contribution in [0.5, 0.6) is 5.75 Å². The quantitative estimate of drug-likeness (QED) is 0.544. The lowest BCUT2D eigenvalue weighted by atomic mass is 10.1. The number of carboxylic acid groups (broad SMARTS) is 1. The lowest BCUT2D eigenvalue weighted by Crippen LogP contribution is -2.16. The zero-order valence-electron chi connectivity index (χ0n) is 15.4. The average Bonchev–Trinajstić information content (AvgIpc) is 3.22. The van der Waals surface area contributed by atoms with E-state index < -0.39 is 17.2 Å². The van der Waals surface area contributed by atoms with E-state index >= 15 is 0 Å². The lowest BCUT2D eigenvalue weighted by Gasteiger charge is -2.08. The number of hydrogen-bond acceptors (Lipinski definition) is 9. The van der Waals surface area contributed by atoms with Crippen LogP contribution in [0.2, 0.25) is 0 Å². The van der Waals surface area contributed by atoms with E-state index in [2.05, 4.69) is 14.9 Å². The van der Waals surface area contributed by atoms with Crippen molar-refractivity contribution in [2.45, 2.75) is 26.4 Å². The molecular weight excluding hydrogens is 372 g/mol. The number of benzene rings is 1. The van der Waals surface area contributed by atoms with Crippen LogP contribution in [0.3, 0.4) is 0 Å². The van der Waals surface area contributed by atoms with Crippen molar-refractivity contribution in [3.63, 3.8) is 0 Å². The van der Waals surface area contributed by atoms with E-state index in [4.69, 9.17) is 24.5 Å². The first-order valence-electron chi connectivity index (χ1n) is 8.34. The fourth-order valence-electron chi connectivity index (χ4n) is 1.92. The maximum atomic E-state index is 11.5. The number of carboxylic acids is 1. The summed E-state index contributed by atoms with van der Waals surface area (Å²) < 4.78 is 14.3. The topological polar surface area (TPSA) is 156 Å². The molecule has 1 unspecified atom stereocenters. The first kappa shape index (κ1) is 22.8. The number of rotatable bonds is 5. The third-order valence-electron chi connectivity index (χ3n) is 3.10. The third-order valence-corrected chi connectivity index (χ3v) is 3.10. The summed E-state index contributed by atoms with van der Waals surface area (Å²) in [5.74, 6) is -1.29. The van der Waals surface area contributed by atoms with Gasteiger partial charge in [-0.05, 0) is 32.4 Å². The molecule has 1 aromatic carbocycles. The Morgan fingerprint density at radius 2 is 1.89 bits per heavy atom. The minimum atomic E-state index is -1.35.